The fourth-order valence-electron chi connectivity index (χ4n) is 3.91. The summed E-state index contributed by atoms with van der Waals surface area (Å²) in [6.45, 7) is 0.212. The number of hydrogen-bond acceptors (Lipinski definition) is 7. The number of nitrogen functional groups attached to an aromatic ring is 1. The van der Waals surface area contributed by atoms with Gasteiger partial charge < -0.3 is 21.1 Å². The lowest BCUT2D eigenvalue weighted by atomic mass is 10.0. The second-order valence-electron chi connectivity index (χ2n) is 8.58. The van der Waals surface area contributed by atoms with Gasteiger partial charge in [-0.15, -0.1) is 0 Å². The fraction of sp³-hybridized carbons (Fsp3) is 0.111. The van der Waals surface area contributed by atoms with E-state index >= 15 is 0 Å². The van der Waals surface area contributed by atoms with Crippen LogP contribution in [0, 0.1) is 0 Å². The summed E-state index contributed by atoms with van der Waals surface area (Å²) in [6, 6.07) is 16.6. The highest BCUT2D eigenvalue weighted by Crippen LogP contribution is 2.31. The van der Waals surface area contributed by atoms with Crippen LogP contribution in [-0.4, -0.2) is 33.2 Å². The molecule has 0 saturated heterocycles. The Morgan fingerprint density at radius 2 is 1.82 bits per heavy atom. The molecular weight excluding hydrogens is 511 g/mol. The van der Waals surface area contributed by atoms with Crippen LogP contribution in [0.15, 0.2) is 73.1 Å². The molecule has 39 heavy (non-hydrogen) atoms. The zero-order valence-corrected chi connectivity index (χ0v) is 20.5. The minimum Gasteiger partial charge on any atom is -0.497 e. The van der Waals surface area contributed by atoms with Gasteiger partial charge in [0, 0.05) is 36.3 Å². The number of amides is 1. The smallest absolute Gasteiger partial charge is 0.417 e. The van der Waals surface area contributed by atoms with Crippen molar-refractivity contribution in [2.24, 2.45) is 0 Å². The second-order valence-corrected chi connectivity index (χ2v) is 8.58. The molecule has 0 fully saturated rings. The molecule has 0 unspecified atom stereocenters. The van der Waals surface area contributed by atoms with Crippen molar-refractivity contribution in [2.75, 3.05) is 23.5 Å². The van der Waals surface area contributed by atoms with Crippen LogP contribution in [-0.2, 0) is 12.7 Å². The van der Waals surface area contributed by atoms with Gasteiger partial charge in [0.1, 0.15) is 11.6 Å². The summed E-state index contributed by atoms with van der Waals surface area (Å²) in [6.07, 6.45) is -2.27. The van der Waals surface area contributed by atoms with E-state index in [4.69, 9.17) is 10.5 Å². The summed E-state index contributed by atoms with van der Waals surface area (Å²) in [5.74, 6) is 0.106. The van der Waals surface area contributed by atoms with Gasteiger partial charge in [-0.3, -0.25) is 9.89 Å². The number of methoxy groups -OCH3 is 1. The molecule has 0 atom stereocenters. The highest BCUT2D eigenvalue weighted by atomic mass is 19.4. The summed E-state index contributed by atoms with van der Waals surface area (Å²) < 4.78 is 45.3. The number of fused-ring (bicyclic) bond motifs is 1. The van der Waals surface area contributed by atoms with Gasteiger partial charge in [0.15, 0.2) is 11.5 Å². The summed E-state index contributed by atoms with van der Waals surface area (Å²) in [5.41, 5.74) is 8.10. The van der Waals surface area contributed by atoms with Gasteiger partial charge in [0.25, 0.3) is 5.91 Å². The number of nitrogens with zero attached hydrogens (tertiary/aromatic N) is 3. The number of carbonyl (C=O) groups excluding carboxylic acids is 1. The standard InChI is InChI=1S/C27H22F3N7O2/c1-39-20-4-2-3-19(11-20)35-26(38)22-10-18(27(28,29)30)14-34-24(22)32-12-15-5-7-16(8-6-15)17-9-21-23(31)36-37-25(21)33-13-17/h2-11,13-14H,12H2,1H3,(H,32,34)(H,35,38)(H3,31,33,36,37). The number of benzene rings is 2. The van der Waals surface area contributed by atoms with E-state index in [1.165, 1.54) is 7.11 Å². The first-order valence-corrected chi connectivity index (χ1v) is 11.7. The summed E-state index contributed by atoms with van der Waals surface area (Å²) in [4.78, 5) is 21.2. The SMILES string of the molecule is COc1cccc(NC(=O)c2cc(C(F)(F)F)cnc2NCc2ccc(-c3cnc4[nH]nc(N)c4c3)cc2)c1. The second kappa shape index (κ2) is 10.3. The van der Waals surface area contributed by atoms with Crippen molar-refractivity contribution in [3.05, 3.63) is 89.7 Å². The number of halogens is 3. The van der Waals surface area contributed by atoms with Gasteiger partial charge in [0.05, 0.1) is 23.6 Å². The van der Waals surface area contributed by atoms with E-state index in [1.54, 1.807) is 30.5 Å². The molecule has 5 aromatic rings. The third-order valence-electron chi connectivity index (χ3n) is 5.98. The van der Waals surface area contributed by atoms with E-state index in [9.17, 15) is 18.0 Å². The number of alkyl halides is 3. The zero-order valence-electron chi connectivity index (χ0n) is 20.5. The van der Waals surface area contributed by atoms with Crippen LogP contribution in [0.2, 0.25) is 0 Å². The van der Waals surface area contributed by atoms with Crippen LogP contribution in [0.1, 0.15) is 21.5 Å². The summed E-state index contributed by atoms with van der Waals surface area (Å²) in [7, 11) is 1.47. The van der Waals surface area contributed by atoms with Crippen LogP contribution in [0.4, 0.5) is 30.5 Å². The van der Waals surface area contributed by atoms with Crippen LogP contribution in [0.5, 0.6) is 5.75 Å². The Hall–Kier alpha value is -5.13. The predicted octanol–water partition coefficient (Wildman–Crippen LogP) is 5.49. The summed E-state index contributed by atoms with van der Waals surface area (Å²) in [5, 5.41) is 13.0. The molecule has 0 aliphatic rings. The average molecular weight is 534 g/mol. The Kier molecular flexibility index (Phi) is 6.75. The number of H-pyrrole nitrogens is 1. The number of nitrogens with two attached hydrogens (primary N) is 1. The van der Waals surface area contributed by atoms with E-state index in [1.807, 2.05) is 30.3 Å². The van der Waals surface area contributed by atoms with Crippen LogP contribution in [0.25, 0.3) is 22.2 Å². The first-order chi connectivity index (χ1) is 18.7. The van der Waals surface area contributed by atoms with E-state index in [0.29, 0.717) is 34.5 Å². The third-order valence-corrected chi connectivity index (χ3v) is 5.98. The molecule has 5 rings (SSSR count). The van der Waals surface area contributed by atoms with Crippen molar-refractivity contribution in [3.63, 3.8) is 0 Å². The molecule has 0 aliphatic heterocycles. The maximum absolute atomic E-state index is 13.4. The molecule has 0 bridgehead atoms. The number of anilines is 3. The largest absolute Gasteiger partial charge is 0.497 e. The van der Waals surface area contributed by atoms with E-state index in [0.717, 1.165) is 22.8 Å². The number of ether oxygens (including phenoxy) is 1. The van der Waals surface area contributed by atoms with Crippen molar-refractivity contribution in [1.29, 1.82) is 0 Å². The van der Waals surface area contributed by atoms with Gasteiger partial charge in [0.2, 0.25) is 0 Å². The lowest BCUT2D eigenvalue weighted by Gasteiger charge is -2.15. The summed E-state index contributed by atoms with van der Waals surface area (Å²) >= 11 is 0. The Morgan fingerprint density at radius 3 is 2.56 bits per heavy atom. The van der Waals surface area contributed by atoms with Crippen molar-refractivity contribution in [2.45, 2.75) is 12.7 Å². The molecule has 0 saturated carbocycles. The lowest BCUT2D eigenvalue weighted by molar-refractivity contribution is -0.137. The quantitative estimate of drug-likeness (QED) is 0.217. The van der Waals surface area contributed by atoms with E-state index < -0.39 is 17.6 Å². The molecule has 1 amide bonds. The van der Waals surface area contributed by atoms with Gasteiger partial charge in [-0.2, -0.15) is 18.3 Å². The number of carbonyl (C=O) groups is 1. The van der Waals surface area contributed by atoms with Crippen LogP contribution < -0.4 is 21.1 Å². The van der Waals surface area contributed by atoms with Crippen molar-refractivity contribution < 1.29 is 22.7 Å². The highest BCUT2D eigenvalue weighted by Gasteiger charge is 2.32. The molecule has 3 aromatic heterocycles. The highest BCUT2D eigenvalue weighted by molar-refractivity contribution is 6.07. The number of aromatic nitrogens is 4. The molecule has 3 heterocycles. The van der Waals surface area contributed by atoms with Crippen molar-refractivity contribution in [3.8, 4) is 16.9 Å². The molecule has 198 valence electrons. The number of pyridine rings is 2. The maximum atomic E-state index is 13.4. The van der Waals surface area contributed by atoms with E-state index in [2.05, 4.69) is 30.8 Å². The number of rotatable bonds is 7. The molecule has 5 N–H and O–H groups in total. The minimum atomic E-state index is -4.66. The van der Waals surface area contributed by atoms with E-state index in [-0.39, 0.29) is 17.9 Å². The first kappa shape index (κ1) is 25.5. The van der Waals surface area contributed by atoms with Gasteiger partial charge in [-0.1, -0.05) is 30.3 Å². The van der Waals surface area contributed by atoms with Gasteiger partial charge in [-0.25, -0.2) is 9.97 Å². The number of nitrogens with one attached hydrogen (secondary N) is 3. The van der Waals surface area contributed by atoms with Gasteiger partial charge in [-0.05, 0) is 35.4 Å². The minimum absolute atomic E-state index is 0.0116. The molecule has 12 heteroatoms. The number of aromatic amines is 1. The lowest BCUT2D eigenvalue weighted by Crippen LogP contribution is -2.18. The first-order valence-electron chi connectivity index (χ1n) is 11.7. The molecule has 0 radical (unpaired) electrons. The van der Waals surface area contributed by atoms with Crippen molar-refractivity contribution >= 4 is 34.3 Å². The average Bonchev–Trinajstić information content (AvgIpc) is 3.31. The third kappa shape index (κ3) is 5.59. The van der Waals surface area contributed by atoms with Crippen LogP contribution >= 0.6 is 0 Å². The Bertz CT molecular complexity index is 1650. The van der Waals surface area contributed by atoms with Gasteiger partial charge >= 0.3 is 6.18 Å². The Morgan fingerprint density at radius 1 is 1.03 bits per heavy atom. The monoisotopic (exact) mass is 533 g/mol. The molecule has 9 nitrogen and oxygen atoms in total. The van der Waals surface area contributed by atoms with Crippen molar-refractivity contribution in [1.82, 2.24) is 20.2 Å². The molecular formula is C27H22F3N7O2. The zero-order chi connectivity index (χ0) is 27.6. The molecule has 2 aromatic carbocycles. The fourth-order valence-corrected chi connectivity index (χ4v) is 3.91. The number of hydrogen-bond donors (Lipinski definition) is 4. The Balaban J connectivity index is 1.35. The normalized spacial score (nSPS) is 11.4. The molecule has 0 aliphatic carbocycles. The predicted molar refractivity (Wildman–Crippen MR) is 141 cm³/mol. The van der Waals surface area contributed by atoms with Crippen LogP contribution in [0.3, 0.4) is 0 Å². The topological polar surface area (TPSA) is 131 Å². The Labute approximate surface area is 220 Å². The maximum Gasteiger partial charge on any atom is 0.417 e. The molecule has 0 spiro atoms.